The Morgan fingerprint density at radius 3 is 2.81 bits per heavy atom. The van der Waals surface area contributed by atoms with Crippen molar-refractivity contribution in [1.82, 2.24) is 20.1 Å². The summed E-state index contributed by atoms with van der Waals surface area (Å²) < 4.78 is 5.03. The van der Waals surface area contributed by atoms with E-state index < -0.39 is 0 Å². The van der Waals surface area contributed by atoms with E-state index in [1.807, 2.05) is 0 Å². The molecule has 86 valence electrons. The Hall–Kier alpha value is -1.36. The number of imidazole rings is 1. The van der Waals surface area contributed by atoms with Crippen LogP contribution in [0.3, 0.4) is 0 Å². The molecule has 0 amide bonds. The fraction of sp³-hybridized carbons (Fsp3) is 0.500. The molecule has 6 heteroatoms. The molecule has 0 saturated carbocycles. The first-order valence-corrected chi connectivity index (χ1v) is 5.63. The molecule has 0 fully saturated rings. The zero-order chi connectivity index (χ0) is 11.5. The summed E-state index contributed by atoms with van der Waals surface area (Å²) in [4.78, 5) is 11.4. The third-order valence-electron chi connectivity index (χ3n) is 2.22. The average Bonchev–Trinajstić information content (AvgIpc) is 2.82. The van der Waals surface area contributed by atoms with E-state index in [1.165, 1.54) is 0 Å². The second-order valence-corrected chi connectivity index (χ2v) is 3.96. The van der Waals surface area contributed by atoms with E-state index in [4.69, 9.17) is 16.1 Å². The van der Waals surface area contributed by atoms with Crippen molar-refractivity contribution in [1.29, 1.82) is 0 Å². The highest BCUT2D eigenvalue weighted by molar-refractivity contribution is 6.31. The molecule has 0 radical (unpaired) electrons. The number of halogens is 1. The van der Waals surface area contributed by atoms with Gasteiger partial charge in [0.1, 0.15) is 11.5 Å². The van der Waals surface area contributed by atoms with Gasteiger partial charge in [-0.05, 0) is 13.3 Å². The van der Waals surface area contributed by atoms with Crippen LogP contribution in [-0.4, -0.2) is 20.1 Å². The molecule has 0 aromatic carbocycles. The average molecular weight is 241 g/mol. The van der Waals surface area contributed by atoms with Crippen LogP contribution in [0.5, 0.6) is 0 Å². The molecule has 0 bridgehead atoms. The fourth-order valence-electron chi connectivity index (χ4n) is 1.40. The Kier molecular flexibility index (Phi) is 3.24. The number of H-pyrrole nitrogens is 1. The van der Waals surface area contributed by atoms with E-state index in [0.717, 1.165) is 25.1 Å². The number of aromatic amines is 1. The minimum atomic E-state index is 0.384. The van der Waals surface area contributed by atoms with Crippen molar-refractivity contribution in [2.24, 2.45) is 0 Å². The first kappa shape index (κ1) is 11.1. The van der Waals surface area contributed by atoms with E-state index in [2.05, 4.69) is 27.0 Å². The van der Waals surface area contributed by atoms with Crippen LogP contribution in [0.25, 0.3) is 11.6 Å². The Labute approximate surface area is 98.2 Å². The predicted molar refractivity (Wildman–Crippen MR) is 60.2 cm³/mol. The summed E-state index contributed by atoms with van der Waals surface area (Å²) in [6.45, 7) is 3.89. The summed E-state index contributed by atoms with van der Waals surface area (Å²) in [6, 6.07) is 0. The number of hydrogen-bond acceptors (Lipinski definition) is 4. The second kappa shape index (κ2) is 4.65. The molecule has 0 atom stereocenters. The van der Waals surface area contributed by atoms with Crippen LogP contribution < -0.4 is 0 Å². The first-order chi connectivity index (χ1) is 7.70. The Morgan fingerprint density at radius 2 is 2.19 bits per heavy atom. The number of aryl methyl sites for hydroxylation is 2. The van der Waals surface area contributed by atoms with Gasteiger partial charge in [0, 0.05) is 6.42 Å². The summed E-state index contributed by atoms with van der Waals surface area (Å²) in [7, 11) is 0. The lowest BCUT2D eigenvalue weighted by atomic mass is 10.2. The van der Waals surface area contributed by atoms with Gasteiger partial charge in [-0.25, -0.2) is 4.98 Å². The number of hydrogen-bond donors (Lipinski definition) is 1. The van der Waals surface area contributed by atoms with Crippen molar-refractivity contribution in [3.63, 3.8) is 0 Å². The van der Waals surface area contributed by atoms with Crippen molar-refractivity contribution >= 4 is 11.6 Å². The lowest BCUT2D eigenvalue weighted by Gasteiger charge is -1.91. The highest BCUT2D eigenvalue weighted by Gasteiger charge is 2.15. The van der Waals surface area contributed by atoms with Crippen molar-refractivity contribution in [2.45, 2.75) is 33.1 Å². The maximum atomic E-state index is 6.00. The van der Waals surface area contributed by atoms with Crippen LogP contribution in [-0.2, 0) is 6.42 Å². The molecule has 16 heavy (non-hydrogen) atoms. The minimum Gasteiger partial charge on any atom is -0.337 e. The van der Waals surface area contributed by atoms with Gasteiger partial charge in [-0.2, -0.15) is 4.98 Å². The van der Waals surface area contributed by atoms with Crippen molar-refractivity contribution in [3.05, 3.63) is 16.8 Å². The van der Waals surface area contributed by atoms with Gasteiger partial charge in [0.15, 0.2) is 11.0 Å². The predicted octanol–water partition coefficient (Wildman–Crippen LogP) is 2.76. The van der Waals surface area contributed by atoms with Gasteiger partial charge in [-0.15, -0.1) is 0 Å². The molecule has 0 aliphatic rings. The molecule has 0 saturated heterocycles. The van der Waals surface area contributed by atoms with Gasteiger partial charge < -0.3 is 9.51 Å². The molecule has 1 N–H and O–H groups in total. The third-order valence-corrected chi connectivity index (χ3v) is 2.49. The molecule has 0 aliphatic heterocycles. The van der Waals surface area contributed by atoms with E-state index >= 15 is 0 Å². The van der Waals surface area contributed by atoms with E-state index in [0.29, 0.717) is 22.6 Å². The normalized spacial score (nSPS) is 10.9. The molecule has 2 aromatic rings. The van der Waals surface area contributed by atoms with Crippen LogP contribution >= 0.6 is 11.6 Å². The summed E-state index contributed by atoms with van der Waals surface area (Å²) in [5.74, 6) is 1.83. The van der Waals surface area contributed by atoms with Gasteiger partial charge >= 0.3 is 0 Å². The van der Waals surface area contributed by atoms with E-state index in [9.17, 15) is 0 Å². The van der Waals surface area contributed by atoms with Crippen molar-refractivity contribution in [2.75, 3.05) is 0 Å². The summed E-state index contributed by atoms with van der Waals surface area (Å²) >= 11 is 6.00. The topological polar surface area (TPSA) is 67.6 Å². The Balaban J connectivity index is 2.24. The molecule has 0 aliphatic carbocycles. The molecule has 5 nitrogen and oxygen atoms in total. The molecular formula is C10H13ClN4O. The van der Waals surface area contributed by atoms with Crippen LogP contribution in [0, 0.1) is 6.92 Å². The minimum absolute atomic E-state index is 0.384. The highest BCUT2D eigenvalue weighted by Crippen LogP contribution is 2.24. The van der Waals surface area contributed by atoms with Crippen LogP contribution in [0.4, 0.5) is 0 Å². The third kappa shape index (κ3) is 2.24. The summed E-state index contributed by atoms with van der Waals surface area (Å²) in [6.07, 6.45) is 3.07. The van der Waals surface area contributed by atoms with Crippen molar-refractivity contribution < 1.29 is 4.52 Å². The first-order valence-electron chi connectivity index (χ1n) is 5.25. The SMILES string of the molecule is CCCCc1nc(Cl)c(-c2nc(C)no2)[nH]1. The van der Waals surface area contributed by atoms with Crippen LogP contribution in [0.2, 0.25) is 5.15 Å². The lowest BCUT2D eigenvalue weighted by molar-refractivity contribution is 0.424. The van der Waals surface area contributed by atoms with Gasteiger partial charge in [-0.1, -0.05) is 30.1 Å². The van der Waals surface area contributed by atoms with Gasteiger partial charge in [0.05, 0.1) is 0 Å². The standard InChI is InChI=1S/C10H13ClN4O/c1-3-4-5-7-13-8(9(11)14-7)10-12-6(2)15-16-10/h3-5H2,1-2H3,(H,13,14). The molecule has 2 rings (SSSR count). The Morgan fingerprint density at radius 1 is 1.38 bits per heavy atom. The van der Waals surface area contributed by atoms with Crippen LogP contribution in [0.1, 0.15) is 31.4 Å². The molecule has 0 spiro atoms. The maximum Gasteiger partial charge on any atom is 0.277 e. The lowest BCUT2D eigenvalue weighted by Crippen LogP contribution is -1.87. The second-order valence-electron chi connectivity index (χ2n) is 3.60. The molecular weight excluding hydrogens is 228 g/mol. The van der Waals surface area contributed by atoms with Crippen molar-refractivity contribution in [3.8, 4) is 11.6 Å². The van der Waals surface area contributed by atoms with E-state index in [-0.39, 0.29) is 0 Å². The summed E-state index contributed by atoms with van der Waals surface area (Å²) in [5, 5.41) is 4.10. The fourth-order valence-corrected chi connectivity index (χ4v) is 1.63. The number of nitrogens with zero attached hydrogens (tertiary/aromatic N) is 3. The monoisotopic (exact) mass is 240 g/mol. The van der Waals surface area contributed by atoms with Crippen LogP contribution in [0.15, 0.2) is 4.52 Å². The van der Waals surface area contributed by atoms with E-state index in [1.54, 1.807) is 6.92 Å². The quantitative estimate of drug-likeness (QED) is 0.892. The maximum absolute atomic E-state index is 6.00. The molecule has 2 heterocycles. The zero-order valence-electron chi connectivity index (χ0n) is 9.25. The Bertz CT molecular complexity index is 477. The summed E-state index contributed by atoms with van der Waals surface area (Å²) in [5.41, 5.74) is 0.605. The van der Waals surface area contributed by atoms with Gasteiger partial charge in [0.25, 0.3) is 5.89 Å². The molecule has 0 unspecified atom stereocenters. The molecule has 2 aromatic heterocycles. The van der Waals surface area contributed by atoms with Gasteiger partial charge in [-0.3, -0.25) is 0 Å². The largest absolute Gasteiger partial charge is 0.337 e. The number of nitrogens with one attached hydrogen (secondary N) is 1. The van der Waals surface area contributed by atoms with Gasteiger partial charge in [0.2, 0.25) is 0 Å². The number of aromatic nitrogens is 4. The number of unbranched alkanes of at least 4 members (excludes halogenated alkanes) is 1. The smallest absolute Gasteiger partial charge is 0.277 e. The zero-order valence-corrected chi connectivity index (χ0v) is 10.0. The number of rotatable bonds is 4. The highest BCUT2D eigenvalue weighted by atomic mass is 35.5.